The maximum atomic E-state index is 12.5. The average Bonchev–Trinajstić information content (AvgIpc) is 2.91. The molecule has 0 spiro atoms. The summed E-state index contributed by atoms with van der Waals surface area (Å²) in [4.78, 5) is 21.3. The Morgan fingerprint density at radius 1 is 1.20 bits per heavy atom. The van der Waals surface area contributed by atoms with Crippen molar-refractivity contribution in [1.29, 1.82) is 0 Å². The summed E-state index contributed by atoms with van der Waals surface area (Å²) in [6.07, 6.45) is 5.24. The SMILES string of the molecule is CN(Cc1ccncc1)C(=O)c1c[nH]c2ccccc12. The summed E-state index contributed by atoms with van der Waals surface area (Å²) in [7, 11) is 1.81. The van der Waals surface area contributed by atoms with Gasteiger partial charge in [0.25, 0.3) is 5.91 Å². The number of fused-ring (bicyclic) bond motifs is 1. The molecule has 2 heterocycles. The summed E-state index contributed by atoms with van der Waals surface area (Å²) in [5, 5.41) is 0.957. The van der Waals surface area contributed by atoms with Gasteiger partial charge in [0, 0.05) is 43.1 Å². The van der Waals surface area contributed by atoms with Gasteiger partial charge in [-0.25, -0.2) is 0 Å². The maximum absolute atomic E-state index is 12.5. The number of nitrogens with zero attached hydrogens (tertiary/aromatic N) is 2. The fourth-order valence-corrected chi connectivity index (χ4v) is 2.29. The van der Waals surface area contributed by atoms with E-state index >= 15 is 0 Å². The van der Waals surface area contributed by atoms with Gasteiger partial charge in [0.1, 0.15) is 0 Å². The Morgan fingerprint density at radius 2 is 1.95 bits per heavy atom. The molecule has 0 saturated carbocycles. The molecule has 3 rings (SSSR count). The Balaban J connectivity index is 1.85. The van der Waals surface area contributed by atoms with E-state index in [0.29, 0.717) is 12.1 Å². The molecule has 2 aromatic heterocycles. The highest BCUT2D eigenvalue weighted by Gasteiger charge is 2.16. The zero-order valence-corrected chi connectivity index (χ0v) is 11.2. The zero-order valence-electron chi connectivity index (χ0n) is 11.2. The lowest BCUT2D eigenvalue weighted by Gasteiger charge is -2.16. The number of amides is 1. The minimum atomic E-state index is 0.0132. The van der Waals surface area contributed by atoms with Crippen molar-refractivity contribution in [3.8, 4) is 0 Å². The predicted molar refractivity (Wildman–Crippen MR) is 78.3 cm³/mol. The van der Waals surface area contributed by atoms with Crippen molar-refractivity contribution in [3.63, 3.8) is 0 Å². The van der Waals surface area contributed by atoms with Crippen molar-refractivity contribution in [1.82, 2.24) is 14.9 Å². The molecule has 100 valence electrons. The topological polar surface area (TPSA) is 49.0 Å². The Morgan fingerprint density at radius 3 is 2.75 bits per heavy atom. The number of H-pyrrole nitrogens is 1. The average molecular weight is 265 g/mol. The van der Waals surface area contributed by atoms with Crippen LogP contribution in [0.1, 0.15) is 15.9 Å². The number of hydrogen-bond donors (Lipinski definition) is 1. The van der Waals surface area contributed by atoms with Crippen LogP contribution in [0.3, 0.4) is 0 Å². The van der Waals surface area contributed by atoms with E-state index in [1.165, 1.54) is 0 Å². The van der Waals surface area contributed by atoms with Crippen molar-refractivity contribution in [2.24, 2.45) is 0 Å². The third-order valence-corrected chi connectivity index (χ3v) is 3.34. The standard InChI is InChI=1S/C16H15N3O/c1-19(11-12-6-8-17-9-7-12)16(20)14-10-18-15-5-3-2-4-13(14)15/h2-10,18H,11H2,1H3. The van der Waals surface area contributed by atoms with Crippen molar-refractivity contribution >= 4 is 16.8 Å². The van der Waals surface area contributed by atoms with Crippen LogP contribution < -0.4 is 0 Å². The summed E-state index contributed by atoms with van der Waals surface area (Å²) in [5.74, 6) is 0.0132. The first-order valence-electron chi connectivity index (χ1n) is 6.46. The molecule has 0 saturated heterocycles. The van der Waals surface area contributed by atoms with E-state index in [1.807, 2.05) is 43.4 Å². The van der Waals surface area contributed by atoms with Crippen LogP contribution in [0, 0.1) is 0 Å². The van der Waals surface area contributed by atoms with Crippen molar-refractivity contribution in [3.05, 3.63) is 66.1 Å². The van der Waals surface area contributed by atoms with Gasteiger partial charge in [-0.05, 0) is 23.8 Å². The first-order chi connectivity index (χ1) is 9.75. The molecule has 0 atom stereocenters. The summed E-state index contributed by atoms with van der Waals surface area (Å²) in [6.45, 7) is 0.570. The summed E-state index contributed by atoms with van der Waals surface area (Å²) >= 11 is 0. The summed E-state index contributed by atoms with van der Waals surface area (Å²) in [6, 6.07) is 11.6. The van der Waals surface area contributed by atoms with Gasteiger partial charge in [-0.3, -0.25) is 9.78 Å². The molecule has 4 nitrogen and oxygen atoms in total. The zero-order chi connectivity index (χ0) is 13.9. The number of aromatic amines is 1. The second kappa shape index (κ2) is 5.17. The van der Waals surface area contributed by atoms with Crippen LogP contribution in [-0.4, -0.2) is 27.8 Å². The lowest BCUT2D eigenvalue weighted by Crippen LogP contribution is -2.25. The first kappa shape index (κ1) is 12.4. The van der Waals surface area contributed by atoms with E-state index in [0.717, 1.165) is 16.5 Å². The van der Waals surface area contributed by atoms with Gasteiger partial charge in [-0.1, -0.05) is 18.2 Å². The van der Waals surface area contributed by atoms with Crippen LogP contribution in [0.5, 0.6) is 0 Å². The lowest BCUT2D eigenvalue weighted by atomic mass is 10.1. The quantitative estimate of drug-likeness (QED) is 0.791. The van der Waals surface area contributed by atoms with E-state index < -0.39 is 0 Å². The van der Waals surface area contributed by atoms with E-state index in [1.54, 1.807) is 23.5 Å². The fraction of sp³-hybridized carbons (Fsp3) is 0.125. The second-order valence-electron chi connectivity index (χ2n) is 4.76. The van der Waals surface area contributed by atoms with Crippen molar-refractivity contribution < 1.29 is 4.79 Å². The van der Waals surface area contributed by atoms with Gasteiger partial charge in [0.15, 0.2) is 0 Å². The molecule has 3 aromatic rings. The second-order valence-corrected chi connectivity index (χ2v) is 4.76. The van der Waals surface area contributed by atoms with Gasteiger partial charge >= 0.3 is 0 Å². The molecule has 0 fully saturated rings. The van der Waals surface area contributed by atoms with Crippen LogP contribution in [0.15, 0.2) is 55.0 Å². The van der Waals surface area contributed by atoms with E-state index in [9.17, 15) is 4.79 Å². The Kier molecular flexibility index (Phi) is 3.21. The highest BCUT2D eigenvalue weighted by atomic mass is 16.2. The largest absolute Gasteiger partial charge is 0.360 e. The number of hydrogen-bond acceptors (Lipinski definition) is 2. The highest BCUT2D eigenvalue weighted by Crippen LogP contribution is 2.19. The van der Waals surface area contributed by atoms with Gasteiger partial charge < -0.3 is 9.88 Å². The van der Waals surface area contributed by atoms with Crippen molar-refractivity contribution in [2.75, 3.05) is 7.05 Å². The van der Waals surface area contributed by atoms with E-state index in [-0.39, 0.29) is 5.91 Å². The van der Waals surface area contributed by atoms with Gasteiger partial charge in [-0.2, -0.15) is 0 Å². The minimum Gasteiger partial charge on any atom is -0.360 e. The van der Waals surface area contributed by atoms with Gasteiger partial charge in [-0.15, -0.1) is 0 Å². The third kappa shape index (κ3) is 2.28. The minimum absolute atomic E-state index is 0.0132. The molecule has 20 heavy (non-hydrogen) atoms. The molecule has 0 unspecified atom stereocenters. The molecular weight excluding hydrogens is 250 g/mol. The van der Waals surface area contributed by atoms with Crippen LogP contribution in [0.2, 0.25) is 0 Å². The number of benzene rings is 1. The molecule has 1 N–H and O–H groups in total. The molecule has 0 bridgehead atoms. The van der Waals surface area contributed by atoms with Gasteiger partial charge in [0.05, 0.1) is 5.56 Å². The monoisotopic (exact) mass is 265 g/mol. The Labute approximate surface area is 117 Å². The molecule has 0 radical (unpaired) electrons. The number of carbonyl (C=O) groups excluding carboxylic acids is 1. The number of nitrogens with one attached hydrogen (secondary N) is 1. The summed E-state index contributed by atoms with van der Waals surface area (Å²) < 4.78 is 0. The summed E-state index contributed by atoms with van der Waals surface area (Å²) in [5.41, 5.74) is 2.75. The smallest absolute Gasteiger partial charge is 0.256 e. The van der Waals surface area contributed by atoms with Crippen molar-refractivity contribution in [2.45, 2.75) is 6.54 Å². The van der Waals surface area contributed by atoms with Crippen LogP contribution >= 0.6 is 0 Å². The molecule has 0 aliphatic rings. The third-order valence-electron chi connectivity index (χ3n) is 3.34. The number of para-hydroxylation sites is 1. The normalized spacial score (nSPS) is 10.7. The van der Waals surface area contributed by atoms with E-state index in [2.05, 4.69) is 9.97 Å². The number of carbonyl (C=O) groups is 1. The number of rotatable bonds is 3. The first-order valence-corrected chi connectivity index (χ1v) is 6.46. The Bertz CT molecular complexity index is 734. The highest BCUT2D eigenvalue weighted by molar-refractivity contribution is 6.06. The fourth-order valence-electron chi connectivity index (χ4n) is 2.29. The molecule has 4 heteroatoms. The molecule has 0 aliphatic carbocycles. The molecule has 0 aliphatic heterocycles. The van der Waals surface area contributed by atoms with E-state index in [4.69, 9.17) is 0 Å². The van der Waals surface area contributed by atoms with Gasteiger partial charge in [0.2, 0.25) is 0 Å². The van der Waals surface area contributed by atoms with Crippen LogP contribution in [0.25, 0.3) is 10.9 Å². The number of pyridine rings is 1. The Hall–Kier alpha value is -2.62. The molecule has 1 aromatic carbocycles. The predicted octanol–water partition coefficient (Wildman–Crippen LogP) is 2.84. The lowest BCUT2D eigenvalue weighted by molar-refractivity contribution is 0.0787. The molecular formula is C16H15N3O. The van der Waals surface area contributed by atoms with Crippen LogP contribution in [-0.2, 0) is 6.54 Å². The molecule has 1 amide bonds. The number of aromatic nitrogens is 2. The maximum Gasteiger partial charge on any atom is 0.256 e. The van der Waals surface area contributed by atoms with Crippen LogP contribution in [0.4, 0.5) is 0 Å².